The molecule has 0 fully saturated rings. The maximum absolute atomic E-state index is 13.4. The van der Waals surface area contributed by atoms with Crippen molar-refractivity contribution in [1.29, 1.82) is 0 Å². The second kappa shape index (κ2) is 10.8. The number of benzene rings is 2. The number of fused-ring (bicyclic) bond motifs is 1. The van der Waals surface area contributed by atoms with Crippen LogP contribution in [0, 0.1) is 11.6 Å². The molecule has 2 aromatic carbocycles. The van der Waals surface area contributed by atoms with Crippen LogP contribution in [-0.2, 0) is 11.2 Å². The van der Waals surface area contributed by atoms with Gasteiger partial charge in [0.2, 0.25) is 5.91 Å². The largest absolute Gasteiger partial charge is 0.491 e. The van der Waals surface area contributed by atoms with Crippen LogP contribution in [0.15, 0.2) is 60.0 Å². The van der Waals surface area contributed by atoms with Crippen LogP contribution in [0.3, 0.4) is 0 Å². The average Bonchev–Trinajstić information content (AvgIpc) is 3.32. The summed E-state index contributed by atoms with van der Waals surface area (Å²) in [6.07, 6.45) is 1.43. The Hall–Kier alpha value is -3.26. The van der Waals surface area contributed by atoms with Crippen molar-refractivity contribution in [3.63, 3.8) is 0 Å². The fourth-order valence-corrected chi connectivity index (χ4v) is 5.06. The molecule has 2 heterocycles. The van der Waals surface area contributed by atoms with Crippen molar-refractivity contribution >= 4 is 23.2 Å². The predicted octanol–water partition coefficient (Wildman–Crippen LogP) is 5.08. The summed E-state index contributed by atoms with van der Waals surface area (Å²) in [5.41, 5.74) is 1.39. The first kappa shape index (κ1) is 23.9. The summed E-state index contributed by atoms with van der Waals surface area (Å²) in [6.45, 7) is 3.02. The number of hydrogen-bond acceptors (Lipinski definition) is 4. The van der Waals surface area contributed by atoms with Crippen LogP contribution in [0.1, 0.15) is 40.2 Å². The van der Waals surface area contributed by atoms with Crippen molar-refractivity contribution in [2.75, 3.05) is 26.2 Å². The molecule has 1 aromatic heterocycles. The van der Waals surface area contributed by atoms with Gasteiger partial charge in [-0.2, -0.15) is 0 Å². The smallest absolute Gasteiger partial charge is 0.254 e. The Morgan fingerprint density at radius 1 is 1.06 bits per heavy atom. The molecule has 0 N–H and O–H groups in total. The number of halogens is 2. The molecule has 4 rings (SSSR count). The van der Waals surface area contributed by atoms with Crippen molar-refractivity contribution < 1.29 is 23.1 Å². The molecule has 0 saturated heterocycles. The van der Waals surface area contributed by atoms with E-state index < -0.39 is 5.82 Å². The number of nitrogens with zero attached hydrogens (tertiary/aromatic N) is 2. The van der Waals surface area contributed by atoms with Gasteiger partial charge in [-0.25, -0.2) is 8.78 Å². The van der Waals surface area contributed by atoms with E-state index >= 15 is 0 Å². The minimum Gasteiger partial charge on any atom is -0.491 e. The van der Waals surface area contributed by atoms with E-state index in [-0.39, 0.29) is 36.8 Å². The van der Waals surface area contributed by atoms with Crippen molar-refractivity contribution in [3.8, 4) is 5.75 Å². The van der Waals surface area contributed by atoms with Crippen LogP contribution in [0.5, 0.6) is 5.75 Å². The van der Waals surface area contributed by atoms with Gasteiger partial charge in [0.15, 0.2) is 0 Å². The van der Waals surface area contributed by atoms with Crippen LogP contribution in [0.2, 0.25) is 0 Å². The van der Waals surface area contributed by atoms with E-state index in [0.29, 0.717) is 30.8 Å². The molecule has 2 amide bonds. The Morgan fingerprint density at radius 2 is 1.74 bits per heavy atom. The molecule has 0 spiro atoms. The second-order valence-corrected chi connectivity index (χ2v) is 9.15. The molecule has 5 nitrogen and oxygen atoms in total. The molecule has 1 atom stereocenters. The molecule has 34 heavy (non-hydrogen) atoms. The molecule has 1 aliphatic rings. The number of rotatable bonds is 8. The molecule has 0 bridgehead atoms. The summed E-state index contributed by atoms with van der Waals surface area (Å²) < 4.78 is 32.4. The van der Waals surface area contributed by atoms with Gasteiger partial charge >= 0.3 is 0 Å². The monoisotopic (exact) mass is 484 g/mol. The predicted molar refractivity (Wildman–Crippen MR) is 127 cm³/mol. The summed E-state index contributed by atoms with van der Waals surface area (Å²) in [5, 5.41) is 2.00. The summed E-state index contributed by atoms with van der Waals surface area (Å²) in [6, 6.07) is 12.8. The van der Waals surface area contributed by atoms with Crippen LogP contribution in [0.4, 0.5) is 8.78 Å². The van der Waals surface area contributed by atoms with Gasteiger partial charge < -0.3 is 14.5 Å². The number of amides is 2. The zero-order valence-corrected chi connectivity index (χ0v) is 19.7. The summed E-state index contributed by atoms with van der Waals surface area (Å²) in [5.74, 6) is -0.714. The highest BCUT2D eigenvalue weighted by atomic mass is 32.1. The first-order valence-electron chi connectivity index (χ1n) is 11.2. The summed E-state index contributed by atoms with van der Waals surface area (Å²) in [4.78, 5) is 30.9. The maximum atomic E-state index is 13.4. The van der Waals surface area contributed by atoms with Gasteiger partial charge in [-0.05, 0) is 78.4 Å². The molecule has 1 aliphatic heterocycles. The van der Waals surface area contributed by atoms with E-state index in [1.54, 1.807) is 28.4 Å². The highest BCUT2D eigenvalue weighted by Gasteiger charge is 2.33. The van der Waals surface area contributed by atoms with Gasteiger partial charge in [0, 0.05) is 23.5 Å². The maximum Gasteiger partial charge on any atom is 0.254 e. The average molecular weight is 485 g/mol. The van der Waals surface area contributed by atoms with Crippen LogP contribution in [0.25, 0.3) is 0 Å². The highest BCUT2D eigenvalue weighted by Crippen LogP contribution is 2.34. The van der Waals surface area contributed by atoms with E-state index in [9.17, 15) is 18.4 Å². The third-order valence-electron chi connectivity index (χ3n) is 5.83. The standard InChI is InChI=1S/C26H26F2N2O3S/c1-2-13-29(26(32)18-3-5-19(27)6-4-18)16-25(31)30-14-11-24-22(12-15-34-24)23(30)17-33-21-9-7-20(28)8-10-21/h3-10,12,15,23H,2,11,13-14,16-17H2,1H3. The lowest BCUT2D eigenvalue weighted by Gasteiger charge is -2.37. The lowest BCUT2D eigenvalue weighted by atomic mass is 10.0. The minimum atomic E-state index is -0.418. The Morgan fingerprint density at radius 3 is 2.41 bits per heavy atom. The van der Waals surface area contributed by atoms with Crippen molar-refractivity contribution in [1.82, 2.24) is 9.80 Å². The molecule has 0 saturated carbocycles. The number of thiophene rings is 1. The van der Waals surface area contributed by atoms with Crippen LogP contribution < -0.4 is 4.74 Å². The van der Waals surface area contributed by atoms with E-state index in [1.807, 2.05) is 18.4 Å². The van der Waals surface area contributed by atoms with Crippen molar-refractivity contribution in [2.24, 2.45) is 0 Å². The molecule has 178 valence electrons. The van der Waals surface area contributed by atoms with Crippen molar-refractivity contribution in [3.05, 3.63) is 87.6 Å². The SMILES string of the molecule is CCCN(CC(=O)N1CCc2sccc2C1COc1ccc(F)cc1)C(=O)c1ccc(F)cc1. The third-order valence-corrected chi connectivity index (χ3v) is 6.83. The lowest BCUT2D eigenvalue weighted by molar-refractivity contribution is -0.135. The van der Waals surface area contributed by atoms with Crippen LogP contribution in [-0.4, -0.2) is 47.9 Å². The first-order valence-corrected chi connectivity index (χ1v) is 12.1. The molecule has 8 heteroatoms. The van der Waals surface area contributed by atoms with E-state index in [2.05, 4.69) is 0 Å². The second-order valence-electron chi connectivity index (χ2n) is 8.15. The minimum absolute atomic E-state index is 0.0728. The number of hydrogen-bond donors (Lipinski definition) is 0. The van der Waals surface area contributed by atoms with Gasteiger partial charge in [0.1, 0.15) is 30.5 Å². The quantitative estimate of drug-likeness (QED) is 0.448. The molecular weight excluding hydrogens is 458 g/mol. The van der Waals surface area contributed by atoms with Crippen LogP contribution >= 0.6 is 11.3 Å². The number of carbonyl (C=O) groups is 2. The highest BCUT2D eigenvalue weighted by molar-refractivity contribution is 7.10. The normalized spacial score (nSPS) is 15.0. The molecule has 1 unspecified atom stereocenters. The Balaban J connectivity index is 1.51. The third kappa shape index (κ3) is 5.44. The fraction of sp³-hybridized carbons (Fsp3) is 0.308. The van der Waals surface area contributed by atoms with Gasteiger partial charge in [-0.3, -0.25) is 9.59 Å². The van der Waals surface area contributed by atoms with Gasteiger partial charge in [0.05, 0.1) is 6.04 Å². The number of ether oxygens (including phenoxy) is 1. The zero-order valence-electron chi connectivity index (χ0n) is 18.9. The first-order chi connectivity index (χ1) is 16.5. The number of carbonyl (C=O) groups excluding carboxylic acids is 2. The summed E-state index contributed by atoms with van der Waals surface area (Å²) >= 11 is 1.65. The summed E-state index contributed by atoms with van der Waals surface area (Å²) in [7, 11) is 0. The van der Waals surface area contributed by atoms with E-state index in [4.69, 9.17) is 4.74 Å². The molecule has 3 aromatic rings. The van der Waals surface area contributed by atoms with Gasteiger partial charge in [-0.1, -0.05) is 6.92 Å². The molecule has 0 aliphatic carbocycles. The lowest BCUT2D eigenvalue weighted by Crippen LogP contribution is -2.48. The Bertz CT molecular complexity index is 1130. The Kier molecular flexibility index (Phi) is 7.57. The molecular formula is C26H26F2N2O3S. The topological polar surface area (TPSA) is 49.9 Å². The molecule has 0 radical (unpaired) electrons. The van der Waals surface area contributed by atoms with Crippen molar-refractivity contribution in [2.45, 2.75) is 25.8 Å². The van der Waals surface area contributed by atoms with E-state index in [1.165, 1.54) is 46.2 Å². The van der Waals surface area contributed by atoms with Gasteiger partial charge in [0.25, 0.3) is 5.91 Å². The van der Waals surface area contributed by atoms with Gasteiger partial charge in [-0.15, -0.1) is 11.3 Å². The van der Waals surface area contributed by atoms with E-state index in [0.717, 1.165) is 12.0 Å². The fourth-order valence-electron chi connectivity index (χ4n) is 4.13. The Labute approximate surface area is 201 Å². The zero-order chi connectivity index (χ0) is 24.1.